The molecule has 0 aromatic heterocycles. The molecule has 4 nitrogen and oxygen atoms in total. The van der Waals surface area contributed by atoms with Crippen LogP contribution >= 0.6 is 0 Å². The highest BCUT2D eigenvalue weighted by Gasteiger charge is 2.35. The molecule has 0 radical (unpaired) electrons. The van der Waals surface area contributed by atoms with Crippen LogP contribution in [0.25, 0.3) is 0 Å². The van der Waals surface area contributed by atoms with Crippen LogP contribution in [0.5, 0.6) is 0 Å². The van der Waals surface area contributed by atoms with Crippen molar-refractivity contribution < 1.29 is 9.90 Å². The third kappa shape index (κ3) is 0.814. The Morgan fingerprint density at radius 3 is 2.70 bits per heavy atom. The summed E-state index contributed by atoms with van der Waals surface area (Å²) in [6.45, 7) is 1.77. The Hall–Kier alpha value is -1.19. The van der Waals surface area contributed by atoms with Gasteiger partial charge in [0.1, 0.15) is 0 Å². The zero-order valence-electron chi connectivity index (χ0n) is 5.61. The molecule has 4 heteroatoms. The van der Waals surface area contributed by atoms with Gasteiger partial charge in [0.15, 0.2) is 5.54 Å². The lowest BCUT2D eigenvalue weighted by atomic mass is 9.99. The highest BCUT2D eigenvalue weighted by molar-refractivity contribution is 5.81. The van der Waals surface area contributed by atoms with Gasteiger partial charge < -0.3 is 5.11 Å². The van der Waals surface area contributed by atoms with Gasteiger partial charge in [-0.2, -0.15) is 10.2 Å². The molecule has 0 fully saturated rings. The number of carboxylic acid groups (broad SMARTS) is 1. The lowest BCUT2D eigenvalue weighted by molar-refractivity contribution is -0.141. The second kappa shape index (κ2) is 2.21. The minimum Gasteiger partial charge on any atom is -0.479 e. The fraction of sp³-hybridized carbons (Fsp3) is 0.500. The zero-order valence-corrected chi connectivity index (χ0v) is 5.61. The predicted molar refractivity (Wildman–Crippen MR) is 34.7 cm³/mol. The summed E-state index contributed by atoms with van der Waals surface area (Å²) in [5.74, 6) is -0.938. The number of hydrogen-bond acceptors (Lipinski definition) is 3. The topological polar surface area (TPSA) is 62.0 Å². The molecule has 54 valence electrons. The average Bonchev–Trinajstić information content (AvgIpc) is 2.35. The number of carboxylic acids is 1. The van der Waals surface area contributed by atoms with Crippen molar-refractivity contribution in [2.75, 3.05) is 0 Å². The van der Waals surface area contributed by atoms with Crippen LogP contribution in [-0.4, -0.2) is 16.6 Å². The Labute approximate surface area is 58.3 Å². The molecule has 0 aromatic carbocycles. The molecule has 0 amide bonds. The van der Waals surface area contributed by atoms with Crippen LogP contribution in [0.2, 0.25) is 0 Å². The summed E-state index contributed by atoms with van der Waals surface area (Å²) in [6.07, 6.45) is 3.36. The number of hydrogen-bond donors (Lipinski definition) is 1. The summed E-state index contributed by atoms with van der Waals surface area (Å²) in [6, 6.07) is 0. The van der Waals surface area contributed by atoms with E-state index >= 15 is 0 Å². The molecule has 1 N–H and O–H groups in total. The highest BCUT2D eigenvalue weighted by Crippen LogP contribution is 2.23. The van der Waals surface area contributed by atoms with Crippen LogP contribution < -0.4 is 0 Å². The van der Waals surface area contributed by atoms with Crippen LogP contribution in [0.4, 0.5) is 0 Å². The first kappa shape index (κ1) is 6.92. The molecule has 0 saturated carbocycles. The summed E-state index contributed by atoms with van der Waals surface area (Å²) in [5, 5.41) is 15.8. The molecule has 0 bridgehead atoms. The number of carbonyl (C=O) groups is 1. The van der Waals surface area contributed by atoms with Gasteiger partial charge in [0.2, 0.25) is 0 Å². The average molecular weight is 140 g/mol. The third-order valence-corrected chi connectivity index (χ3v) is 1.56. The molecule has 1 aliphatic rings. The monoisotopic (exact) mass is 140 g/mol. The maximum atomic E-state index is 10.5. The van der Waals surface area contributed by atoms with Crippen molar-refractivity contribution in [3.05, 3.63) is 12.3 Å². The molecule has 0 saturated heterocycles. The molecule has 1 unspecified atom stereocenters. The van der Waals surface area contributed by atoms with E-state index in [1.165, 1.54) is 12.3 Å². The Bertz CT molecular complexity index is 196. The molecule has 10 heavy (non-hydrogen) atoms. The number of nitrogens with zero attached hydrogens (tertiary/aromatic N) is 2. The van der Waals surface area contributed by atoms with E-state index in [4.69, 9.17) is 5.11 Å². The first-order valence-electron chi connectivity index (χ1n) is 3.04. The summed E-state index contributed by atoms with van der Waals surface area (Å²) < 4.78 is 0. The fourth-order valence-corrected chi connectivity index (χ4v) is 0.780. The highest BCUT2D eigenvalue weighted by atomic mass is 16.4. The third-order valence-electron chi connectivity index (χ3n) is 1.56. The molecular weight excluding hydrogens is 132 g/mol. The quantitative estimate of drug-likeness (QED) is 0.626. The van der Waals surface area contributed by atoms with Crippen molar-refractivity contribution in [1.29, 1.82) is 0 Å². The normalized spacial score (nSPS) is 29.3. The summed E-state index contributed by atoms with van der Waals surface area (Å²) in [7, 11) is 0. The standard InChI is InChI=1S/C6H8N2O2/c1-2-6(5(9)10)3-4-7-8-6/h3-4H,2H2,1H3,(H,9,10). The van der Waals surface area contributed by atoms with Crippen molar-refractivity contribution in [2.45, 2.75) is 18.9 Å². The van der Waals surface area contributed by atoms with E-state index in [1.807, 2.05) is 0 Å². The lowest BCUT2D eigenvalue weighted by Gasteiger charge is -2.12. The van der Waals surface area contributed by atoms with Gasteiger partial charge in [0, 0.05) is 6.20 Å². The number of rotatable bonds is 2. The van der Waals surface area contributed by atoms with E-state index in [9.17, 15) is 4.79 Å². The fourth-order valence-electron chi connectivity index (χ4n) is 0.780. The molecular formula is C6H8N2O2. The number of azo groups is 1. The minimum atomic E-state index is -1.07. The summed E-state index contributed by atoms with van der Waals surface area (Å²) in [4.78, 5) is 10.5. The van der Waals surface area contributed by atoms with E-state index in [1.54, 1.807) is 6.92 Å². The van der Waals surface area contributed by atoms with E-state index in [0.717, 1.165) is 0 Å². The van der Waals surface area contributed by atoms with Gasteiger partial charge in [-0.05, 0) is 12.5 Å². The van der Waals surface area contributed by atoms with Crippen LogP contribution in [0.1, 0.15) is 13.3 Å². The van der Waals surface area contributed by atoms with E-state index in [2.05, 4.69) is 10.2 Å². The van der Waals surface area contributed by atoms with E-state index in [0.29, 0.717) is 6.42 Å². The second-order valence-corrected chi connectivity index (χ2v) is 2.11. The predicted octanol–water partition coefficient (Wildman–Crippen LogP) is 1.20. The van der Waals surface area contributed by atoms with Crippen LogP contribution in [-0.2, 0) is 4.79 Å². The Morgan fingerprint density at radius 2 is 2.50 bits per heavy atom. The van der Waals surface area contributed by atoms with Gasteiger partial charge in [-0.1, -0.05) is 6.92 Å². The molecule has 0 aliphatic carbocycles. The minimum absolute atomic E-state index is 0.447. The Morgan fingerprint density at radius 1 is 1.80 bits per heavy atom. The maximum absolute atomic E-state index is 10.5. The Balaban J connectivity index is 2.90. The second-order valence-electron chi connectivity index (χ2n) is 2.11. The lowest BCUT2D eigenvalue weighted by Crippen LogP contribution is -2.31. The molecule has 1 atom stereocenters. The van der Waals surface area contributed by atoms with Crippen LogP contribution in [0.3, 0.4) is 0 Å². The van der Waals surface area contributed by atoms with E-state index < -0.39 is 11.5 Å². The smallest absolute Gasteiger partial charge is 0.337 e. The van der Waals surface area contributed by atoms with Gasteiger partial charge in [-0.3, -0.25) is 0 Å². The van der Waals surface area contributed by atoms with Gasteiger partial charge in [0.05, 0.1) is 0 Å². The SMILES string of the molecule is CCC1(C(=O)O)C=CN=N1. The van der Waals surface area contributed by atoms with Crippen LogP contribution in [0.15, 0.2) is 22.5 Å². The first-order chi connectivity index (χ1) is 4.71. The van der Waals surface area contributed by atoms with Crippen molar-refractivity contribution in [3.63, 3.8) is 0 Å². The van der Waals surface area contributed by atoms with Crippen molar-refractivity contribution in [1.82, 2.24) is 0 Å². The maximum Gasteiger partial charge on any atom is 0.337 e. The zero-order chi connectivity index (χ0) is 7.61. The largest absolute Gasteiger partial charge is 0.479 e. The summed E-state index contributed by atoms with van der Waals surface area (Å²) >= 11 is 0. The van der Waals surface area contributed by atoms with Crippen molar-refractivity contribution in [3.8, 4) is 0 Å². The van der Waals surface area contributed by atoms with Crippen LogP contribution in [0, 0.1) is 0 Å². The van der Waals surface area contributed by atoms with Gasteiger partial charge in [-0.25, -0.2) is 4.79 Å². The van der Waals surface area contributed by atoms with Gasteiger partial charge >= 0.3 is 5.97 Å². The molecule has 1 rings (SSSR count). The number of aliphatic carboxylic acids is 1. The van der Waals surface area contributed by atoms with Crippen molar-refractivity contribution in [2.24, 2.45) is 10.2 Å². The van der Waals surface area contributed by atoms with Gasteiger partial charge in [0.25, 0.3) is 0 Å². The molecule has 1 aliphatic heterocycles. The first-order valence-corrected chi connectivity index (χ1v) is 3.04. The van der Waals surface area contributed by atoms with E-state index in [-0.39, 0.29) is 0 Å². The summed E-state index contributed by atoms with van der Waals surface area (Å²) in [5.41, 5.74) is -1.07. The molecule has 0 spiro atoms. The molecule has 0 aromatic rings. The van der Waals surface area contributed by atoms with Gasteiger partial charge in [-0.15, -0.1) is 0 Å². The molecule has 1 heterocycles. The van der Waals surface area contributed by atoms with Crippen molar-refractivity contribution >= 4 is 5.97 Å². The Kier molecular flexibility index (Phi) is 1.53.